The van der Waals surface area contributed by atoms with Crippen LogP contribution in [-0.2, 0) is 0 Å². The van der Waals surface area contributed by atoms with E-state index < -0.39 is 0 Å². The first kappa shape index (κ1) is 14.0. The summed E-state index contributed by atoms with van der Waals surface area (Å²) in [5, 5.41) is 3.48. The van der Waals surface area contributed by atoms with Gasteiger partial charge in [-0.1, -0.05) is 35.0 Å². The highest BCUT2D eigenvalue weighted by Crippen LogP contribution is 2.29. The van der Waals surface area contributed by atoms with E-state index >= 15 is 0 Å². The number of hydrogen-bond acceptors (Lipinski definition) is 3. The molecule has 19 heavy (non-hydrogen) atoms. The zero-order valence-corrected chi connectivity index (χ0v) is 12.7. The summed E-state index contributed by atoms with van der Waals surface area (Å²) in [4.78, 5) is 4.22. The van der Waals surface area contributed by atoms with Crippen molar-refractivity contribution < 1.29 is 0 Å². The molecule has 0 aliphatic rings. The highest BCUT2D eigenvalue weighted by Gasteiger charge is 2.18. The monoisotopic (exact) mass is 319 g/mol. The molecule has 0 fully saturated rings. The molecule has 0 aliphatic carbocycles. The van der Waals surface area contributed by atoms with Gasteiger partial charge in [-0.05, 0) is 42.8 Å². The number of rotatable bonds is 4. The van der Waals surface area contributed by atoms with Crippen LogP contribution in [0.3, 0.4) is 0 Å². The lowest BCUT2D eigenvalue weighted by Crippen LogP contribution is -2.24. The zero-order chi connectivity index (χ0) is 13.8. The predicted octanol–water partition coefficient (Wildman–Crippen LogP) is 3.43. The topological polar surface area (TPSA) is 50.9 Å². The van der Waals surface area contributed by atoms with Crippen molar-refractivity contribution in [3.8, 4) is 0 Å². The summed E-state index contributed by atoms with van der Waals surface area (Å²) in [5.41, 5.74) is 9.45. The van der Waals surface area contributed by atoms with Gasteiger partial charge in [0.1, 0.15) is 5.82 Å². The molecule has 0 spiro atoms. The van der Waals surface area contributed by atoms with Crippen LogP contribution in [0, 0.1) is 6.92 Å². The Hall–Kier alpha value is -1.39. The first-order valence-corrected chi connectivity index (χ1v) is 7.12. The molecule has 0 radical (unpaired) electrons. The number of nitrogens with zero attached hydrogens (tertiary/aromatic N) is 1. The van der Waals surface area contributed by atoms with Crippen molar-refractivity contribution in [1.82, 2.24) is 10.3 Å². The third-order valence-corrected chi connectivity index (χ3v) is 3.61. The minimum atomic E-state index is 0.0659. The molecule has 4 heteroatoms. The van der Waals surface area contributed by atoms with Gasteiger partial charge in [0.15, 0.2) is 0 Å². The highest BCUT2D eigenvalue weighted by molar-refractivity contribution is 9.10. The van der Waals surface area contributed by atoms with Crippen LogP contribution in [0.15, 0.2) is 41.0 Å². The number of nitrogen functional groups attached to an aromatic ring is 1. The van der Waals surface area contributed by atoms with Crippen LogP contribution in [0.4, 0.5) is 5.82 Å². The number of halogens is 1. The molecule has 3 N–H and O–H groups in total. The number of benzene rings is 1. The molecule has 0 amide bonds. The van der Waals surface area contributed by atoms with Crippen molar-refractivity contribution >= 4 is 21.7 Å². The Morgan fingerprint density at radius 3 is 2.79 bits per heavy atom. The Labute approximate surface area is 122 Å². The molecule has 0 saturated carbocycles. The molecular weight excluding hydrogens is 302 g/mol. The maximum absolute atomic E-state index is 6.07. The van der Waals surface area contributed by atoms with Gasteiger partial charge < -0.3 is 11.1 Å². The van der Waals surface area contributed by atoms with Gasteiger partial charge in [-0.25, -0.2) is 4.98 Å². The third-order valence-electron chi connectivity index (χ3n) is 3.12. The highest BCUT2D eigenvalue weighted by atomic mass is 79.9. The van der Waals surface area contributed by atoms with E-state index in [-0.39, 0.29) is 6.04 Å². The molecule has 1 heterocycles. The first-order valence-electron chi connectivity index (χ1n) is 6.33. The second-order valence-electron chi connectivity index (χ2n) is 4.47. The van der Waals surface area contributed by atoms with Gasteiger partial charge >= 0.3 is 0 Å². The van der Waals surface area contributed by atoms with Gasteiger partial charge in [0, 0.05) is 16.2 Å². The lowest BCUT2D eigenvalue weighted by molar-refractivity contribution is 0.627. The van der Waals surface area contributed by atoms with Crippen LogP contribution in [0.1, 0.15) is 29.7 Å². The predicted molar refractivity (Wildman–Crippen MR) is 83.0 cm³/mol. The Morgan fingerprint density at radius 2 is 2.16 bits per heavy atom. The molecule has 1 aromatic heterocycles. The number of aryl methyl sites for hydroxylation is 1. The Morgan fingerprint density at radius 1 is 1.37 bits per heavy atom. The molecule has 3 nitrogen and oxygen atoms in total. The standard InChI is InChI=1S/C15H18BrN3/c1-3-18-14(11-5-4-6-12(16)9-11)13-10(2)7-8-19-15(13)17/h4-9,14,18H,3H2,1-2H3,(H2,17,19). The normalized spacial score (nSPS) is 12.4. The van der Waals surface area contributed by atoms with Crippen LogP contribution in [0.25, 0.3) is 0 Å². The van der Waals surface area contributed by atoms with E-state index in [4.69, 9.17) is 5.73 Å². The van der Waals surface area contributed by atoms with Crippen molar-refractivity contribution in [2.24, 2.45) is 0 Å². The number of nitrogens with two attached hydrogens (primary N) is 1. The first-order chi connectivity index (χ1) is 9.13. The average Bonchev–Trinajstić information content (AvgIpc) is 2.37. The summed E-state index contributed by atoms with van der Waals surface area (Å²) in [6.45, 7) is 5.02. The van der Waals surface area contributed by atoms with E-state index in [0.29, 0.717) is 5.82 Å². The summed E-state index contributed by atoms with van der Waals surface area (Å²) < 4.78 is 1.06. The van der Waals surface area contributed by atoms with Crippen molar-refractivity contribution in [3.05, 3.63) is 57.7 Å². The van der Waals surface area contributed by atoms with Crippen LogP contribution < -0.4 is 11.1 Å². The Bertz CT molecular complexity index is 549. The van der Waals surface area contributed by atoms with Gasteiger partial charge in [-0.3, -0.25) is 0 Å². The number of aromatic nitrogens is 1. The fourth-order valence-corrected chi connectivity index (χ4v) is 2.66. The molecule has 100 valence electrons. The van der Waals surface area contributed by atoms with Crippen LogP contribution in [0.2, 0.25) is 0 Å². The lowest BCUT2D eigenvalue weighted by atomic mass is 9.95. The quantitative estimate of drug-likeness (QED) is 0.907. The largest absolute Gasteiger partial charge is 0.383 e. The molecular formula is C15H18BrN3. The Kier molecular flexibility index (Phi) is 4.56. The summed E-state index contributed by atoms with van der Waals surface area (Å²) in [6.07, 6.45) is 1.75. The summed E-state index contributed by atoms with van der Waals surface area (Å²) >= 11 is 3.52. The molecule has 0 bridgehead atoms. The van der Waals surface area contributed by atoms with E-state index in [2.05, 4.69) is 52.2 Å². The minimum absolute atomic E-state index is 0.0659. The zero-order valence-electron chi connectivity index (χ0n) is 11.2. The summed E-state index contributed by atoms with van der Waals surface area (Å²) in [6, 6.07) is 10.3. The number of nitrogens with one attached hydrogen (secondary N) is 1. The minimum Gasteiger partial charge on any atom is -0.383 e. The van der Waals surface area contributed by atoms with Crippen LogP contribution >= 0.6 is 15.9 Å². The molecule has 2 aromatic rings. The third kappa shape index (κ3) is 3.14. The van der Waals surface area contributed by atoms with E-state index in [9.17, 15) is 0 Å². The second-order valence-corrected chi connectivity index (χ2v) is 5.39. The van der Waals surface area contributed by atoms with E-state index in [1.165, 1.54) is 5.56 Å². The molecule has 1 atom stereocenters. The van der Waals surface area contributed by atoms with E-state index in [0.717, 1.165) is 22.1 Å². The van der Waals surface area contributed by atoms with Crippen LogP contribution in [0.5, 0.6) is 0 Å². The number of hydrogen-bond donors (Lipinski definition) is 2. The summed E-state index contributed by atoms with van der Waals surface area (Å²) in [5.74, 6) is 0.589. The van der Waals surface area contributed by atoms with Crippen molar-refractivity contribution in [3.63, 3.8) is 0 Å². The SMILES string of the molecule is CCNC(c1cccc(Br)c1)c1c(C)ccnc1N. The van der Waals surface area contributed by atoms with Gasteiger partial charge in [-0.2, -0.15) is 0 Å². The van der Waals surface area contributed by atoms with Crippen molar-refractivity contribution in [1.29, 1.82) is 0 Å². The maximum Gasteiger partial charge on any atom is 0.128 e. The van der Waals surface area contributed by atoms with Crippen LogP contribution in [-0.4, -0.2) is 11.5 Å². The average molecular weight is 320 g/mol. The molecule has 1 aromatic carbocycles. The van der Waals surface area contributed by atoms with Gasteiger partial charge in [0.25, 0.3) is 0 Å². The number of anilines is 1. The van der Waals surface area contributed by atoms with Crippen molar-refractivity contribution in [2.45, 2.75) is 19.9 Å². The fraction of sp³-hybridized carbons (Fsp3) is 0.267. The number of pyridine rings is 1. The van der Waals surface area contributed by atoms with Gasteiger partial charge in [0.2, 0.25) is 0 Å². The van der Waals surface area contributed by atoms with Gasteiger partial charge in [0.05, 0.1) is 6.04 Å². The second kappa shape index (κ2) is 6.17. The lowest BCUT2D eigenvalue weighted by Gasteiger charge is -2.22. The van der Waals surface area contributed by atoms with Gasteiger partial charge in [-0.15, -0.1) is 0 Å². The summed E-state index contributed by atoms with van der Waals surface area (Å²) in [7, 11) is 0. The molecule has 0 aliphatic heterocycles. The smallest absolute Gasteiger partial charge is 0.128 e. The maximum atomic E-state index is 6.07. The van der Waals surface area contributed by atoms with E-state index in [1.807, 2.05) is 18.2 Å². The fourth-order valence-electron chi connectivity index (χ4n) is 2.24. The molecule has 0 saturated heterocycles. The molecule has 2 rings (SSSR count). The molecule has 1 unspecified atom stereocenters. The van der Waals surface area contributed by atoms with E-state index in [1.54, 1.807) is 6.20 Å². The van der Waals surface area contributed by atoms with Crippen molar-refractivity contribution in [2.75, 3.05) is 12.3 Å². The Balaban J connectivity index is 2.51.